The van der Waals surface area contributed by atoms with E-state index in [9.17, 15) is 17.6 Å². The van der Waals surface area contributed by atoms with Crippen LogP contribution in [0.1, 0.15) is 10.4 Å². The SMILES string of the molecule is O=C(O)c1cc(S(=O)(=O)NO)cc(F)c1Cl. The Bertz CT molecular complexity index is 544. The van der Waals surface area contributed by atoms with Gasteiger partial charge in [0.15, 0.2) is 0 Å². The van der Waals surface area contributed by atoms with E-state index in [2.05, 4.69) is 0 Å². The Labute approximate surface area is 94.3 Å². The number of benzene rings is 1. The zero-order valence-electron chi connectivity index (χ0n) is 7.44. The van der Waals surface area contributed by atoms with Gasteiger partial charge in [0.2, 0.25) is 0 Å². The summed E-state index contributed by atoms with van der Waals surface area (Å²) in [6.07, 6.45) is 0. The van der Waals surface area contributed by atoms with E-state index < -0.39 is 37.3 Å². The van der Waals surface area contributed by atoms with Crippen molar-refractivity contribution in [3.63, 3.8) is 0 Å². The van der Waals surface area contributed by atoms with E-state index in [0.717, 1.165) is 4.89 Å². The van der Waals surface area contributed by atoms with Crippen LogP contribution in [0.5, 0.6) is 0 Å². The third-order valence-electron chi connectivity index (χ3n) is 1.66. The molecular weight excluding hydrogens is 265 g/mol. The van der Waals surface area contributed by atoms with E-state index >= 15 is 0 Å². The van der Waals surface area contributed by atoms with E-state index in [0.29, 0.717) is 12.1 Å². The van der Waals surface area contributed by atoms with Crippen molar-refractivity contribution in [1.82, 2.24) is 4.89 Å². The van der Waals surface area contributed by atoms with E-state index in [-0.39, 0.29) is 0 Å². The van der Waals surface area contributed by atoms with Crippen molar-refractivity contribution in [2.75, 3.05) is 0 Å². The highest BCUT2D eigenvalue weighted by Gasteiger charge is 2.21. The molecule has 0 saturated carbocycles. The third kappa shape index (κ3) is 2.30. The highest BCUT2D eigenvalue weighted by atomic mass is 35.5. The lowest BCUT2D eigenvalue weighted by Gasteiger charge is -2.05. The summed E-state index contributed by atoms with van der Waals surface area (Å²) in [6, 6.07) is 1.12. The summed E-state index contributed by atoms with van der Waals surface area (Å²) in [5, 5.41) is 16.2. The summed E-state index contributed by atoms with van der Waals surface area (Å²) < 4.78 is 35.2. The van der Waals surface area contributed by atoms with Gasteiger partial charge in [0, 0.05) is 0 Å². The van der Waals surface area contributed by atoms with Gasteiger partial charge in [-0.2, -0.15) is 0 Å². The van der Waals surface area contributed by atoms with Gasteiger partial charge >= 0.3 is 5.97 Å². The molecular formula is C7H5ClFNO5S. The van der Waals surface area contributed by atoms with Crippen molar-refractivity contribution in [2.24, 2.45) is 0 Å². The first-order valence-electron chi connectivity index (χ1n) is 3.68. The van der Waals surface area contributed by atoms with Crippen molar-refractivity contribution < 1.29 is 27.9 Å². The predicted molar refractivity (Wildman–Crippen MR) is 50.5 cm³/mol. The van der Waals surface area contributed by atoms with Crippen LogP contribution >= 0.6 is 11.6 Å². The number of carbonyl (C=O) groups is 1. The average Bonchev–Trinajstić information content (AvgIpc) is 2.21. The second-order valence-corrected chi connectivity index (χ2v) is 4.71. The standard InChI is InChI=1S/C7H5ClFNO5S/c8-6-4(7(11)12)1-3(2-5(6)9)16(14,15)10-13/h1-2,10,13H,(H,11,12). The van der Waals surface area contributed by atoms with Crippen LogP contribution in [0, 0.1) is 5.82 Å². The molecule has 3 N–H and O–H groups in total. The second-order valence-electron chi connectivity index (χ2n) is 2.67. The van der Waals surface area contributed by atoms with Gasteiger partial charge in [0.25, 0.3) is 10.0 Å². The molecule has 0 unspecified atom stereocenters. The fourth-order valence-corrected chi connectivity index (χ4v) is 1.75. The largest absolute Gasteiger partial charge is 0.478 e. The first-order valence-corrected chi connectivity index (χ1v) is 5.54. The summed E-state index contributed by atoms with van der Waals surface area (Å²) in [7, 11) is -4.35. The fourth-order valence-electron chi connectivity index (χ4n) is 0.928. The number of nitrogens with one attached hydrogen (secondary N) is 1. The fraction of sp³-hybridized carbons (Fsp3) is 0. The van der Waals surface area contributed by atoms with Gasteiger partial charge in [-0.25, -0.2) is 17.6 Å². The van der Waals surface area contributed by atoms with Crippen molar-refractivity contribution in [2.45, 2.75) is 4.90 Å². The Morgan fingerprint density at radius 3 is 2.44 bits per heavy atom. The summed E-state index contributed by atoms with van der Waals surface area (Å²) >= 11 is 5.32. The topological polar surface area (TPSA) is 104 Å². The minimum absolute atomic E-state index is 0.493. The summed E-state index contributed by atoms with van der Waals surface area (Å²) in [5.41, 5.74) is -0.713. The van der Waals surface area contributed by atoms with E-state index in [1.807, 2.05) is 0 Å². The van der Waals surface area contributed by atoms with Crippen LogP contribution < -0.4 is 4.89 Å². The molecule has 88 valence electrons. The quantitative estimate of drug-likeness (QED) is 0.706. The third-order valence-corrected chi connectivity index (χ3v) is 3.14. The second kappa shape index (κ2) is 4.34. The first-order chi connectivity index (χ1) is 7.29. The Hall–Kier alpha value is -1.22. The number of carboxylic acids is 1. The van der Waals surface area contributed by atoms with Gasteiger partial charge < -0.3 is 10.3 Å². The minimum atomic E-state index is -4.35. The molecule has 0 saturated heterocycles. The van der Waals surface area contributed by atoms with Gasteiger partial charge in [-0.3, -0.25) is 0 Å². The smallest absolute Gasteiger partial charge is 0.337 e. The van der Waals surface area contributed by atoms with Crippen LogP contribution in [0.4, 0.5) is 4.39 Å². The van der Waals surface area contributed by atoms with Crippen molar-refractivity contribution >= 4 is 27.6 Å². The van der Waals surface area contributed by atoms with Crippen LogP contribution in [0.2, 0.25) is 5.02 Å². The monoisotopic (exact) mass is 269 g/mol. The van der Waals surface area contributed by atoms with Crippen molar-refractivity contribution in [3.8, 4) is 0 Å². The Morgan fingerprint density at radius 1 is 1.44 bits per heavy atom. The molecule has 0 amide bonds. The molecule has 6 nitrogen and oxygen atoms in total. The molecule has 0 aliphatic heterocycles. The van der Waals surface area contributed by atoms with Gasteiger partial charge in [-0.1, -0.05) is 16.5 Å². The minimum Gasteiger partial charge on any atom is -0.478 e. The van der Waals surface area contributed by atoms with Gasteiger partial charge in [0.05, 0.1) is 15.5 Å². The maximum Gasteiger partial charge on any atom is 0.337 e. The van der Waals surface area contributed by atoms with Crippen molar-refractivity contribution in [1.29, 1.82) is 0 Å². The number of halogens is 2. The predicted octanol–water partition coefficient (Wildman–Crippen LogP) is 0.845. The molecule has 0 spiro atoms. The van der Waals surface area contributed by atoms with E-state index in [4.69, 9.17) is 21.9 Å². The number of hydrogen-bond acceptors (Lipinski definition) is 4. The molecule has 1 rings (SSSR count). The zero-order valence-corrected chi connectivity index (χ0v) is 9.01. The molecule has 1 aromatic carbocycles. The van der Waals surface area contributed by atoms with Gasteiger partial charge in [-0.05, 0) is 12.1 Å². The maximum absolute atomic E-state index is 13.1. The molecule has 0 bridgehead atoms. The van der Waals surface area contributed by atoms with Gasteiger partial charge in [-0.15, -0.1) is 0 Å². The van der Waals surface area contributed by atoms with Crippen LogP contribution in [0.15, 0.2) is 17.0 Å². The summed E-state index contributed by atoms with van der Waals surface area (Å²) in [5.74, 6) is -2.80. The normalized spacial score (nSPS) is 11.4. The Balaban J connectivity index is 3.53. The lowest BCUT2D eigenvalue weighted by molar-refractivity contribution is 0.0696. The van der Waals surface area contributed by atoms with Crippen LogP contribution in [0.25, 0.3) is 0 Å². The highest BCUT2D eigenvalue weighted by molar-refractivity contribution is 7.89. The van der Waals surface area contributed by atoms with Crippen LogP contribution in [-0.2, 0) is 10.0 Å². The number of carboxylic acid groups (broad SMARTS) is 1. The highest BCUT2D eigenvalue weighted by Crippen LogP contribution is 2.24. The maximum atomic E-state index is 13.1. The molecule has 9 heteroatoms. The van der Waals surface area contributed by atoms with Gasteiger partial charge in [0.1, 0.15) is 5.82 Å². The van der Waals surface area contributed by atoms with Crippen LogP contribution in [0.3, 0.4) is 0 Å². The molecule has 0 heterocycles. The molecule has 0 aliphatic rings. The molecule has 0 aliphatic carbocycles. The zero-order chi connectivity index (χ0) is 12.5. The molecule has 0 radical (unpaired) electrons. The van der Waals surface area contributed by atoms with E-state index in [1.54, 1.807) is 0 Å². The molecule has 16 heavy (non-hydrogen) atoms. The molecule has 0 aromatic heterocycles. The molecule has 0 fully saturated rings. The summed E-state index contributed by atoms with van der Waals surface area (Å²) in [4.78, 5) is 10.8. The Kier molecular flexibility index (Phi) is 3.48. The average molecular weight is 270 g/mol. The van der Waals surface area contributed by atoms with Crippen LogP contribution in [-0.4, -0.2) is 24.7 Å². The summed E-state index contributed by atoms with van der Waals surface area (Å²) in [6.45, 7) is 0. The Morgan fingerprint density at radius 2 is 2.00 bits per heavy atom. The lowest BCUT2D eigenvalue weighted by atomic mass is 10.2. The lowest BCUT2D eigenvalue weighted by Crippen LogP contribution is -2.20. The first kappa shape index (κ1) is 12.8. The number of sulfonamides is 1. The number of rotatable bonds is 3. The molecule has 1 aromatic rings. The molecule has 0 atom stereocenters. The van der Waals surface area contributed by atoms with Crippen molar-refractivity contribution in [3.05, 3.63) is 28.5 Å². The van der Waals surface area contributed by atoms with E-state index in [1.165, 1.54) is 0 Å². The number of aromatic carboxylic acids is 1. The number of hydrogen-bond donors (Lipinski definition) is 3.